The number of nitrogen functional groups attached to an aromatic ring is 1. The fourth-order valence-electron chi connectivity index (χ4n) is 1.78. The highest BCUT2D eigenvalue weighted by atomic mass is 16.5. The Morgan fingerprint density at radius 3 is 2.78 bits per heavy atom. The van der Waals surface area contributed by atoms with Crippen LogP contribution in [0, 0.1) is 6.92 Å². The van der Waals surface area contributed by atoms with Gasteiger partial charge in [-0.15, -0.1) is 0 Å². The highest BCUT2D eigenvalue weighted by molar-refractivity contribution is 5.38. The van der Waals surface area contributed by atoms with Crippen LogP contribution in [0.25, 0.3) is 0 Å². The van der Waals surface area contributed by atoms with Gasteiger partial charge in [-0.25, -0.2) is 4.68 Å². The van der Waals surface area contributed by atoms with Gasteiger partial charge in [0.2, 0.25) is 0 Å². The maximum Gasteiger partial charge on any atom is 0.124 e. The summed E-state index contributed by atoms with van der Waals surface area (Å²) >= 11 is 0. The molecule has 0 amide bonds. The van der Waals surface area contributed by atoms with Gasteiger partial charge in [-0.05, 0) is 38.5 Å². The molecule has 96 valence electrons. The lowest BCUT2D eigenvalue weighted by molar-refractivity contribution is 0.242. The van der Waals surface area contributed by atoms with E-state index in [1.807, 2.05) is 45.0 Å². The first-order chi connectivity index (χ1) is 8.56. The predicted octanol–water partition coefficient (Wildman–Crippen LogP) is 2.61. The van der Waals surface area contributed by atoms with Gasteiger partial charge in [0.15, 0.2) is 0 Å². The van der Waals surface area contributed by atoms with Crippen molar-refractivity contribution in [1.29, 1.82) is 0 Å². The van der Waals surface area contributed by atoms with Gasteiger partial charge in [0.05, 0.1) is 18.8 Å². The van der Waals surface area contributed by atoms with E-state index in [0.717, 1.165) is 16.9 Å². The van der Waals surface area contributed by atoms with Crippen LogP contribution in [0.15, 0.2) is 30.5 Å². The van der Waals surface area contributed by atoms with E-state index in [1.165, 1.54) is 0 Å². The molecular formula is C14H19N3O. The van der Waals surface area contributed by atoms with Crippen molar-refractivity contribution in [2.45, 2.75) is 33.4 Å². The molecule has 0 aliphatic rings. The van der Waals surface area contributed by atoms with Gasteiger partial charge in [0.1, 0.15) is 11.6 Å². The molecule has 0 spiro atoms. The van der Waals surface area contributed by atoms with Crippen LogP contribution < -0.4 is 10.5 Å². The molecular weight excluding hydrogens is 226 g/mol. The fourth-order valence-corrected chi connectivity index (χ4v) is 1.78. The molecule has 0 bridgehead atoms. The van der Waals surface area contributed by atoms with E-state index in [4.69, 9.17) is 10.5 Å². The molecule has 2 aromatic rings. The molecule has 0 atom stereocenters. The first-order valence-electron chi connectivity index (χ1n) is 6.09. The van der Waals surface area contributed by atoms with Crippen molar-refractivity contribution in [2.75, 3.05) is 5.73 Å². The average Bonchev–Trinajstić information content (AvgIpc) is 2.61. The lowest BCUT2D eigenvalue weighted by Crippen LogP contribution is -2.08. The quantitative estimate of drug-likeness (QED) is 0.900. The van der Waals surface area contributed by atoms with E-state index >= 15 is 0 Å². The second-order valence-electron chi connectivity index (χ2n) is 4.68. The molecule has 0 fully saturated rings. The number of ether oxygens (including phenoxy) is 1. The van der Waals surface area contributed by atoms with E-state index in [-0.39, 0.29) is 6.10 Å². The topological polar surface area (TPSA) is 53.1 Å². The summed E-state index contributed by atoms with van der Waals surface area (Å²) in [6, 6.07) is 8.01. The fraction of sp³-hybridized carbons (Fsp3) is 0.357. The number of nitrogens with two attached hydrogens (primary N) is 1. The minimum Gasteiger partial charge on any atom is -0.491 e. The van der Waals surface area contributed by atoms with Gasteiger partial charge in [0, 0.05) is 5.56 Å². The Morgan fingerprint density at radius 1 is 1.39 bits per heavy atom. The minimum absolute atomic E-state index is 0.178. The summed E-state index contributed by atoms with van der Waals surface area (Å²) in [6.45, 7) is 6.65. The smallest absolute Gasteiger partial charge is 0.124 e. The Morgan fingerprint density at radius 2 is 2.17 bits per heavy atom. The standard InChI is InChI=1S/C14H19N3O/c1-10(2)18-13-6-4-5-12(7-13)9-17-14(15)11(3)8-16-17/h4-8,10H,9,15H2,1-3H3. The van der Waals surface area contributed by atoms with Crippen LogP contribution in [0.4, 0.5) is 5.82 Å². The summed E-state index contributed by atoms with van der Waals surface area (Å²) in [4.78, 5) is 0. The Hall–Kier alpha value is -1.97. The Bertz CT molecular complexity index is 532. The number of hydrogen-bond acceptors (Lipinski definition) is 3. The normalized spacial score (nSPS) is 10.9. The summed E-state index contributed by atoms with van der Waals surface area (Å²) in [5.74, 6) is 1.59. The largest absolute Gasteiger partial charge is 0.491 e. The van der Waals surface area contributed by atoms with Gasteiger partial charge >= 0.3 is 0 Å². The van der Waals surface area contributed by atoms with Crippen molar-refractivity contribution < 1.29 is 4.74 Å². The molecule has 0 saturated carbocycles. The van der Waals surface area contributed by atoms with Crippen LogP contribution in [0.3, 0.4) is 0 Å². The SMILES string of the molecule is Cc1cnn(Cc2cccc(OC(C)C)c2)c1N. The molecule has 0 unspecified atom stereocenters. The van der Waals surface area contributed by atoms with Gasteiger partial charge in [0.25, 0.3) is 0 Å². The molecule has 0 radical (unpaired) electrons. The maximum absolute atomic E-state index is 5.94. The Labute approximate surface area is 107 Å². The molecule has 1 heterocycles. The summed E-state index contributed by atoms with van der Waals surface area (Å²) in [5, 5.41) is 4.25. The van der Waals surface area contributed by atoms with E-state index in [0.29, 0.717) is 12.4 Å². The Kier molecular flexibility index (Phi) is 3.55. The minimum atomic E-state index is 0.178. The van der Waals surface area contributed by atoms with E-state index in [1.54, 1.807) is 10.9 Å². The highest BCUT2D eigenvalue weighted by Gasteiger charge is 2.05. The molecule has 0 saturated heterocycles. The second kappa shape index (κ2) is 5.12. The number of hydrogen-bond donors (Lipinski definition) is 1. The summed E-state index contributed by atoms with van der Waals surface area (Å²) in [6.07, 6.45) is 1.96. The highest BCUT2D eigenvalue weighted by Crippen LogP contribution is 2.17. The van der Waals surface area contributed by atoms with Crippen LogP contribution >= 0.6 is 0 Å². The number of anilines is 1. The molecule has 1 aromatic carbocycles. The number of aromatic nitrogens is 2. The molecule has 2 N–H and O–H groups in total. The molecule has 0 aliphatic heterocycles. The van der Waals surface area contributed by atoms with Gasteiger partial charge < -0.3 is 10.5 Å². The van der Waals surface area contributed by atoms with Crippen molar-refractivity contribution in [3.05, 3.63) is 41.6 Å². The number of aryl methyl sites for hydroxylation is 1. The van der Waals surface area contributed by atoms with Crippen molar-refractivity contribution in [2.24, 2.45) is 0 Å². The summed E-state index contributed by atoms with van der Waals surface area (Å²) < 4.78 is 7.46. The number of benzene rings is 1. The van der Waals surface area contributed by atoms with Crippen molar-refractivity contribution in [1.82, 2.24) is 9.78 Å². The van der Waals surface area contributed by atoms with Gasteiger partial charge in [-0.1, -0.05) is 12.1 Å². The lowest BCUT2D eigenvalue weighted by atomic mass is 10.2. The zero-order valence-corrected chi connectivity index (χ0v) is 11.1. The van der Waals surface area contributed by atoms with Crippen molar-refractivity contribution >= 4 is 5.82 Å². The zero-order valence-electron chi connectivity index (χ0n) is 11.1. The second-order valence-corrected chi connectivity index (χ2v) is 4.68. The number of rotatable bonds is 4. The molecule has 4 heteroatoms. The van der Waals surface area contributed by atoms with Crippen LogP contribution in [-0.4, -0.2) is 15.9 Å². The summed E-state index contributed by atoms with van der Waals surface area (Å²) in [5.41, 5.74) is 8.07. The van der Waals surface area contributed by atoms with E-state index < -0.39 is 0 Å². The molecule has 0 aliphatic carbocycles. The average molecular weight is 245 g/mol. The Balaban J connectivity index is 2.16. The zero-order chi connectivity index (χ0) is 13.1. The van der Waals surface area contributed by atoms with Crippen LogP contribution in [0.5, 0.6) is 5.75 Å². The summed E-state index contributed by atoms with van der Waals surface area (Å²) in [7, 11) is 0. The molecule has 2 rings (SSSR count). The van der Waals surface area contributed by atoms with E-state index in [2.05, 4.69) is 5.10 Å². The third-order valence-corrected chi connectivity index (χ3v) is 2.68. The van der Waals surface area contributed by atoms with Crippen LogP contribution in [-0.2, 0) is 6.54 Å². The van der Waals surface area contributed by atoms with Crippen molar-refractivity contribution in [3.63, 3.8) is 0 Å². The first kappa shape index (κ1) is 12.5. The van der Waals surface area contributed by atoms with Crippen LogP contribution in [0.1, 0.15) is 25.0 Å². The van der Waals surface area contributed by atoms with Gasteiger partial charge in [-0.2, -0.15) is 5.10 Å². The lowest BCUT2D eigenvalue weighted by Gasteiger charge is -2.11. The third kappa shape index (κ3) is 2.83. The monoisotopic (exact) mass is 245 g/mol. The van der Waals surface area contributed by atoms with Gasteiger partial charge in [-0.3, -0.25) is 0 Å². The first-order valence-corrected chi connectivity index (χ1v) is 6.09. The molecule has 1 aromatic heterocycles. The molecule has 4 nitrogen and oxygen atoms in total. The maximum atomic E-state index is 5.94. The predicted molar refractivity (Wildman–Crippen MR) is 72.7 cm³/mol. The van der Waals surface area contributed by atoms with Crippen molar-refractivity contribution in [3.8, 4) is 5.75 Å². The number of nitrogens with zero attached hydrogens (tertiary/aromatic N) is 2. The van der Waals surface area contributed by atoms with Crippen LogP contribution in [0.2, 0.25) is 0 Å². The van der Waals surface area contributed by atoms with E-state index in [9.17, 15) is 0 Å². The molecule has 18 heavy (non-hydrogen) atoms. The third-order valence-electron chi connectivity index (χ3n) is 2.68.